The molecule has 0 amide bonds. The van der Waals surface area contributed by atoms with Gasteiger partial charge in [-0.3, -0.25) is 0 Å². The zero-order valence-corrected chi connectivity index (χ0v) is 11.3. The maximum atomic E-state index is 10.2. The molecular formula is C14H19N3O2. The van der Waals surface area contributed by atoms with Crippen LogP contribution in [-0.2, 0) is 4.74 Å². The Morgan fingerprint density at radius 3 is 2.95 bits per heavy atom. The Balaban J connectivity index is 2.09. The number of rotatable bonds is 6. The van der Waals surface area contributed by atoms with Crippen LogP contribution in [0.25, 0.3) is 10.8 Å². The smallest absolute Gasteiger partial charge is 0.156 e. The molecule has 102 valence electrons. The number of aliphatic hydroxyl groups is 1. The van der Waals surface area contributed by atoms with E-state index < -0.39 is 5.60 Å². The Morgan fingerprint density at radius 1 is 1.37 bits per heavy atom. The van der Waals surface area contributed by atoms with E-state index >= 15 is 0 Å². The fraction of sp³-hybridized carbons (Fsp3) is 0.429. The number of methoxy groups -OCH3 is 1. The third-order valence-electron chi connectivity index (χ3n) is 3.05. The van der Waals surface area contributed by atoms with Crippen LogP contribution in [0.15, 0.2) is 30.5 Å². The number of nitrogens with zero attached hydrogens (tertiary/aromatic N) is 2. The molecule has 0 fully saturated rings. The molecule has 0 spiro atoms. The molecule has 1 atom stereocenters. The van der Waals surface area contributed by atoms with Crippen LogP contribution in [0.5, 0.6) is 0 Å². The van der Waals surface area contributed by atoms with E-state index in [1.165, 1.54) is 0 Å². The Kier molecular flexibility index (Phi) is 4.29. The second-order valence-corrected chi connectivity index (χ2v) is 4.87. The molecule has 0 saturated carbocycles. The summed E-state index contributed by atoms with van der Waals surface area (Å²) in [6.45, 7) is 2.70. The molecule has 0 aliphatic carbocycles. The number of ether oxygens (including phenoxy) is 1. The van der Waals surface area contributed by atoms with Crippen molar-refractivity contribution >= 4 is 16.6 Å². The summed E-state index contributed by atoms with van der Waals surface area (Å²) in [5.74, 6) is 0.691. The monoisotopic (exact) mass is 261 g/mol. The second-order valence-electron chi connectivity index (χ2n) is 4.87. The van der Waals surface area contributed by atoms with E-state index in [4.69, 9.17) is 4.74 Å². The van der Waals surface area contributed by atoms with Gasteiger partial charge in [-0.15, -0.1) is 5.10 Å². The summed E-state index contributed by atoms with van der Waals surface area (Å²) >= 11 is 0. The summed E-state index contributed by atoms with van der Waals surface area (Å²) in [5, 5.41) is 23.4. The lowest BCUT2D eigenvalue weighted by Gasteiger charge is -2.23. The fourth-order valence-electron chi connectivity index (χ4n) is 1.84. The number of anilines is 1. The summed E-state index contributed by atoms with van der Waals surface area (Å²) in [6.07, 6.45) is 2.29. The first kappa shape index (κ1) is 13.7. The highest BCUT2D eigenvalue weighted by Gasteiger charge is 2.20. The van der Waals surface area contributed by atoms with Crippen molar-refractivity contribution in [1.82, 2.24) is 10.2 Å². The van der Waals surface area contributed by atoms with Gasteiger partial charge in [0, 0.05) is 37.5 Å². The summed E-state index contributed by atoms with van der Waals surface area (Å²) in [7, 11) is 1.62. The Hall–Kier alpha value is -1.72. The van der Waals surface area contributed by atoms with Crippen LogP contribution in [0.3, 0.4) is 0 Å². The normalized spacial score (nSPS) is 14.3. The summed E-state index contributed by atoms with van der Waals surface area (Å²) < 4.78 is 4.98. The number of hydrogen-bond acceptors (Lipinski definition) is 5. The minimum absolute atomic E-state index is 0.402. The predicted octanol–water partition coefficient (Wildman–Crippen LogP) is 1.83. The van der Waals surface area contributed by atoms with E-state index in [-0.39, 0.29) is 0 Å². The molecular weight excluding hydrogens is 242 g/mol. The molecule has 0 saturated heterocycles. The Bertz CT molecular complexity index is 538. The van der Waals surface area contributed by atoms with Crippen LogP contribution in [0.4, 0.5) is 5.82 Å². The van der Waals surface area contributed by atoms with E-state index in [1.807, 2.05) is 24.3 Å². The predicted molar refractivity (Wildman–Crippen MR) is 75.1 cm³/mol. The maximum Gasteiger partial charge on any atom is 0.156 e. The van der Waals surface area contributed by atoms with Gasteiger partial charge >= 0.3 is 0 Å². The first-order chi connectivity index (χ1) is 9.12. The summed E-state index contributed by atoms with van der Waals surface area (Å²) in [5.41, 5.74) is -0.839. The van der Waals surface area contributed by atoms with Crippen LogP contribution >= 0.6 is 0 Å². The number of nitrogens with one attached hydrogen (secondary N) is 1. The number of hydrogen-bond donors (Lipinski definition) is 2. The van der Waals surface area contributed by atoms with E-state index in [2.05, 4.69) is 15.5 Å². The van der Waals surface area contributed by atoms with E-state index in [1.54, 1.807) is 20.2 Å². The molecule has 19 heavy (non-hydrogen) atoms. The van der Waals surface area contributed by atoms with E-state index in [0.717, 1.165) is 10.8 Å². The number of fused-ring (bicyclic) bond motifs is 1. The van der Waals surface area contributed by atoms with Crippen LogP contribution in [0, 0.1) is 0 Å². The van der Waals surface area contributed by atoms with E-state index in [9.17, 15) is 5.11 Å². The van der Waals surface area contributed by atoms with Crippen molar-refractivity contribution in [2.45, 2.75) is 18.9 Å². The first-order valence-corrected chi connectivity index (χ1v) is 6.28. The summed E-state index contributed by atoms with van der Waals surface area (Å²) in [6, 6.07) is 7.88. The molecule has 5 nitrogen and oxygen atoms in total. The SMILES string of the molecule is COCCC(C)(O)CNc1nncc2ccccc12. The molecule has 0 aliphatic rings. The van der Waals surface area contributed by atoms with Crippen molar-refractivity contribution in [3.63, 3.8) is 0 Å². The van der Waals surface area contributed by atoms with Crippen molar-refractivity contribution in [2.24, 2.45) is 0 Å². The molecule has 2 rings (SSSR count). The third-order valence-corrected chi connectivity index (χ3v) is 3.05. The van der Waals surface area contributed by atoms with Crippen LogP contribution in [0.2, 0.25) is 0 Å². The standard InChI is InChI=1S/C14H19N3O2/c1-14(18,7-8-19-2)10-15-13-12-6-4-3-5-11(12)9-16-17-13/h3-6,9,18H,7-8,10H2,1-2H3,(H,15,17). The van der Waals surface area contributed by atoms with Gasteiger partial charge in [0.25, 0.3) is 0 Å². The van der Waals surface area contributed by atoms with Crippen molar-refractivity contribution in [2.75, 3.05) is 25.6 Å². The highest BCUT2D eigenvalue weighted by molar-refractivity contribution is 5.90. The zero-order chi connectivity index (χ0) is 13.7. The van der Waals surface area contributed by atoms with Gasteiger partial charge in [-0.2, -0.15) is 5.10 Å². The molecule has 1 heterocycles. The van der Waals surface area contributed by atoms with Gasteiger partial charge in [0.2, 0.25) is 0 Å². The Morgan fingerprint density at radius 2 is 2.16 bits per heavy atom. The molecule has 0 bridgehead atoms. The zero-order valence-electron chi connectivity index (χ0n) is 11.3. The first-order valence-electron chi connectivity index (χ1n) is 6.28. The van der Waals surface area contributed by atoms with E-state index in [0.29, 0.717) is 25.4 Å². The van der Waals surface area contributed by atoms with Crippen LogP contribution in [-0.4, -0.2) is 41.2 Å². The van der Waals surface area contributed by atoms with Gasteiger partial charge in [-0.25, -0.2) is 0 Å². The van der Waals surface area contributed by atoms with Crippen LogP contribution < -0.4 is 5.32 Å². The summed E-state index contributed by atoms with van der Waals surface area (Å²) in [4.78, 5) is 0. The largest absolute Gasteiger partial charge is 0.388 e. The van der Waals surface area contributed by atoms with Crippen molar-refractivity contribution in [3.8, 4) is 0 Å². The number of benzene rings is 1. The van der Waals surface area contributed by atoms with Gasteiger partial charge in [0.1, 0.15) is 0 Å². The highest BCUT2D eigenvalue weighted by Crippen LogP contribution is 2.20. The molecule has 5 heteroatoms. The lowest BCUT2D eigenvalue weighted by Crippen LogP contribution is -2.35. The average molecular weight is 261 g/mol. The van der Waals surface area contributed by atoms with Gasteiger partial charge in [-0.1, -0.05) is 24.3 Å². The second kappa shape index (κ2) is 5.95. The van der Waals surface area contributed by atoms with Crippen molar-refractivity contribution < 1.29 is 9.84 Å². The van der Waals surface area contributed by atoms with Gasteiger partial charge in [0.05, 0.1) is 11.8 Å². The lowest BCUT2D eigenvalue weighted by atomic mass is 10.0. The van der Waals surface area contributed by atoms with Gasteiger partial charge in [0.15, 0.2) is 5.82 Å². The van der Waals surface area contributed by atoms with Crippen LogP contribution in [0.1, 0.15) is 13.3 Å². The minimum Gasteiger partial charge on any atom is -0.388 e. The van der Waals surface area contributed by atoms with Crippen molar-refractivity contribution in [1.29, 1.82) is 0 Å². The molecule has 2 aromatic rings. The topological polar surface area (TPSA) is 67.3 Å². The molecule has 1 aromatic carbocycles. The molecule has 2 N–H and O–H groups in total. The van der Waals surface area contributed by atoms with Crippen molar-refractivity contribution in [3.05, 3.63) is 30.5 Å². The third kappa shape index (κ3) is 3.62. The molecule has 1 aromatic heterocycles. The fourth-order valence-corrected chi connectivity index (χ4v) is 1.84. The molecule has 0 aliphatic heterocycles. The number of aromatic nitrogens is 2. The average Bonchev–Trinajstić information content (AvgIpc) is 2.43. The highest BCUT2D eigenvalue weighted by atomic mass is 16.5. The lowest BCUT2D eigenvalue weighted by molar-refractivity contribution is 0.0357. The maximum absolute atomic E-state index is 10.2. The quantitative estimate of drug-likeness (QED) is 0.830. The molecule has 0 radical (unpaired) electrons. The van der Waals surface area contributed by atoms with Gasteiger partial charge < -0.3 is 15.2 Å². The van der Waals surface area contributed by atoms with Gasteiger partial charge in [-0.05, 0) is 6.92 Å². The molecule has 1 unspecified atom stereocenters. The Labute approximate surface area is 112 Å². The minimum atomic E-state index is -0.839.